The van der Waals surface area contributed by atoms with Crippen LogP contribution in [0, 0.1) is 0 Å². The van der Waals surface area contributed by atoms with Gasteiger partial charge in [0.25, 0.3) is 0 Å². The van der Waals surface area contributed by atoms with Gasteiger partial charge in [-0.2, -0.15) is 5.10 Å². The van der Waals surface area contributed by atoms with Crippen LogP contribution in [0.4, 0.5) is 0 Å². The number of likely N-dealkylation sites (tertiary alicyclic amines) is 1. The number of nitrogens with zero attached hydrogens (tertiary/aromatic N) is 3. The van der Waals surface area contributed by atoms with Gasteiger partial charge in [0, 0.05) is 24.3 Å². The molecule has 4 heteroatoms. The molecule has 2 N–H and O–H groups in total. The Morgan fingerprint density at radius 1 is 1.30 bits per heavy atom. The highest BCUT2D eigenvalue weighted by Gasteiger charge is 2.33. The highest BCUT2D eigenvalue weighted by molar-refractivity contribution is 5.31. The van der Waals surface area contributed by atoms with Crippen LogP contribution in [0.5, 0.6) is 0 Å². The number of hydrogen-bond donors (Lipinski definition) is 1. The van der Waals surface area contributed by atoms with E-state index in [1.165, 1.54) is 5.56 Å². The van der Waals surface area contributed by atoms with E-state index in [0.717, 1.165) is 31.6 Å². The van der Waals surface area contributed by atoms with Gasteiger partial charge in [-0.15, -0.1) is 0 Å². The van der Waals surface area contributed by atoms with Crippen molar-refractivity contribution in [2.75, 3.05) is 13.1 Å². The van der Waals surface area contributed by atoms with E-state index in [0.29, 0.717) is 6.04 Å². The molecule has 0 bridgehead atoms. The third-order valence-electron chi connectivity index (χ3n) is 4.02. The number of nitrogens with two attached hydrogens (primary N) is 1. The fraction of sp³-hybridized carbons (Fsp3) is 0.438. The SMILES string of the molecule is CCCN1CCC(N)C1c1cnn(-c2ccccc2)c1. The maximum Gasteiger partial charge on any atom is 0.0645 e. The Labute approximate surface area is 120 Å². The van der Waals surface area contributed by atoms with Gasteiger partial charge < -0.3 is 5.73 Å². The molecule has 20 heavy (non-hydrogen) atoms. The minimum absolute atomic E-state index is 0.218. The lowest BCUT2D eigenvalue weighted by atomic mass is 10.0. The summed E-state index contributed by atoms with van der Waals surface area (Å²) in [6.07, 6.45) is 6.32. The molecule has 1 aromatic heterocycles. The van der Waals surface area contributed by atoms with Gasteiger partial charge in [-0.25, -0.2) is 4.68 Å². The van der Waals surface area contributed by atoms with Crippen LogP contribution in [0.3, 0.4) is 0 Å². The molecule has 2 unspecified atom stereocenters. The van der Waals surface area contributed by atoms with Crippen molar-refractivity contribution < 1.29 is 0 Å². The lowest BCUT2D eigenvalue weighted by Gasteiger charge is -2.25. The largest absolute Gasteiger partial charge is 0.326 e. The number of rotatable bonds is 4. The second-order valence-corrected chi connectivity index (χ2v) is 5.49. The molecule has 0 amide bonds. The van der Waals surface area contributed by atoms with Gasteiger partial charge in [-0.05, 0) is 31.5 Å². The highest BCUT2D eigenvalue weighted by Crippen LogP contribution is 2.31. The Kier molecular flexibility index (Phi) is 3.85. The van der Waals surface area contributed by atoms with Crippen LogP contribution in [-0.2, 0) is 0 Å². The van der Waals surface area contributed by atoms with Crippen LogP contribution >= 0.6 is 0 Å². The Hall–Kier alpha value is -1.65. The minimum Gasteiger partial charge on any atom is -0.326 e. The molecular weight excluding hydrogens is 248 g/mol. The predicted molar refractivity (Wildman–Crippen MR) is 80.8 cm³/mol. The molecule has 4 nitrogen and oxygen atoms in total. The average Bonchev–Trinajstić information content (AvgIpc) is 3.07. The van der Waals surface area contributed by atoms with Crippen LogP contribution in [0.25, 0.3) is 5.69 Å². The summed E-state index contributed by atoms with van der Waals surface area (Å²) in [5.41, 5.74) is 8.62. The molecule has 0 radical (unpaired) electrons. The van der Waals surface area contributed by atoms with Gasteiger partial charge in [-0.1, -0.05) is 25.1 Å². The predicted octanol–water partition coefficient (Wildman–Crippen LogP) is 2.36. The molecule has 1 aromatic carbocycles. The summed E-state index contributed by atoms with van der Waals surface area (Å²) in [6, 6.07) is 10.7. The van der Waals surface area contributed by atoms with Crippen molar-refractivity contribution in [1.29, 1.82) is 0 Å². The van der Waals surface area contributed by atoms with E-state index in [9.17, 15) is 0 Å². The van der Waals surface area contributed by atoms with Crippen molar-refractivity contribution >= 4 is 0 Å². The van der Waals surface area contributed by atoms with Crippen molar-refractivity contribution in [2.24, 2.45) is 5.73 Å². The average molecular weight is 270 g/mol. The third-order valence-corrected chi connectivity index (χ3v) is 4.02. The van der Waals surface area contributed by atoms with Crippen LogP contribution in [0.2, 0.25) is 0 Å². The van der Waals surface area contributed by atoms with Crippen molar-refractivity contribution in [1.82, 2.24) is 14.7 Å². The van der Waals surface area contributed by atoms with E-state index >= 15 is 0 Å². The standard InChI is InChI=1S/C16H22N4/c1-2-9-19-10-8-15(17)16(19)13-11-18-20(12-13)14-6-4-3-5-7-14/h3-7,11-12,15-16H,2,8-10,17H2,1H3. The van der Waals surface area contributed by atoms with Gasteiger partial charge >= 0.3 is 0 Å². The zero-order valence-corrected chi connectivity index (χ0v) is 11.9. The van der Waals surface area contributed by atoms with Crippen LogP contribution in [0.15, 0.2) is 42.7 Å². The van der Waals surface area contributed by atoms with E-state index in [1.54, 1.807) is 0 Å². The van der Waals surface area contributed by atoms with Gasteiger partial charge in [-0.3, -0.25) is 4.90 Å². The van der Waals surface area contributed by atoms with Gasteiger partial charge in [0.2, 0.25) is 0 Å². The molecule has 1 fully saturated rings. The molecule has 2 heterocycles. The summed E-state index contributed by atoms with van der Waals surface area (Å²) < 4.78 is 1.94. The Bertz CT molecular complexity index is 547. The normalized spacial score (nSPS) is 23.3. The molecule has 1 saturated heterocycles. The maximum atomic E-state index is 6.30. The summed E-state index contributed by atoms with van der Waals surface area (Å²) in [5.74, 6) is 0. The first-order valence-electron chi connectivity index (χ1n) is 7.39. The number of benzene rings is 1. The fourth-order valence-electron chi connectivity index (χ4n) is 3.09. The van der Waals surface area contributed by atoms with Crippen molar-refractivity contribution in [3.8, 4) is 5.69 Å². The Balaban J connectivity index is 1.85. The van der Waals surface area contributed by atoms with Gasteiger partial charge in [0.05, 0.1) is 17.9 Å². The van der Waals surface area contributed by atoms with E-state index in [4.69, 9.17) is 5.73 Å². The third kappa shape index (κ3) is 2.49. The fourth-order valence-corrected chi connectivity index (χ4v) is 3.09. The summed E-state index contributed by atoms with van der Waals surface area (Å²) in [4.78, 5) is 2.48. The molecule has 0 spiro atoms. The molecular formula is C16H22N4. The first-order valence-corrected chi connectivity index (χ1v) is 7.39. The Morgan fingerprint density at radius 3 is 2.85 bits per heavy atom. The monoisotopic (exact) mass is 270 g/mol. The first-order chi connectivity index (χ1) is 9.79. The number of hydrogen-bond acceptors (Lipinski definition) is 3. The van der Waals surface area contributed by atoms with Gasteiger partial charge in [0.1, 0.15) is 0 Å². The summed E-state index contributed by atoms with van der Waals surface area (Å²) in [6.45, 7) is 4.42. The van der Waals surface area contributed by atoms with Crippen LogP contribution in [-0.4, -0.2) is 33.8 Å². The minimum atomic E-state index is 0.218. The molecule has 0 aliphatic carbocycles. The molecule has 2 aromatic rings. The summed E-state index contributed by atoms with van der Waals surface area (Å²) in [5, 5.41) is 4.49. The second-order valence-electron chi connectivity index (χ2n) is 5.49. The molecule has 3 rings (SSSR count). The van der Waals surface area contributed by atoms with Gasteiger partial charge in [0.15, 0.2) is 0 Å². The number of aromatic nitrogens is 2. The van der Waals surface area contributed by atoms with E-state index in [2.05, 4.69) is 35.3 Å². The topological polar surface area (TPSA) is 47.1 Å². The molecule has 1 aliphatic rings. The summed E-state index contributed by atoms with van der Waals surface area (Å²) >= 11 is 0. The maximum absolute atomic E-state index is 6.30. The summed E-state index contributed by atoms with van der Waals surface area (Å²) in [7, 11) is 0. The Morgan fingerprint density at radius 2 is 2.10 bits per heavy atom. The van der Waals surface area contributed by atoms with Crippen LogP contribution in [0.1, 0.15) is 31.4 Å². The molecule has 0 saturated carbocycles. The zero-order chi connectivity index (χ0) is 13.9. The quantitative estimate of drug-likeness (QED) is 0.927. The van der Waals surface area contributed by atoms with E-state index in [1.807, 2.05) is 29.1 Å². The van der Waals surface area contributed by atoms with Crippen LogP contribution < -0.4 is 5.73 Å². The first kappa shape index (κ1) is 13.3. The van der Waals surface area contributed by atoms with Crippen molar-refractivity contribution in [3.63, 3.8) is 0 Å². The van der Waals surface area contributed by atoms with Crippen molar-refractivity contribution in [3.05, 3.63) is 48.3 Å². The second kappa shape index (κ2) is 5.77. The van der Waals surface area contributed by atoms with Crippen molar-refractivity contribution in [2.45, 2.75) is 31.8 Å². The lowest BCUT2D eigenvalue weighted by Crippen LogP contribution is -2.32. The molecule has 106 valence electrons. The van der Waals surface area contributed by atoms with E-state index < -0.39 is 0 Å². The smallest absolute Gasteiger partial charge is 0.0645 e. The number of para-hydroxylation sites is 1. The molecule has 2 atom stereocenters. The molecule has 1 aliphatic heterocycles. The highest BCUT2D eigenvalue weighted by atomic mass is 15.3. The zero-order valence-electron chi connectivity index (χ0n) is 11.9. The lowest BCUT2D eigenvalue weighted by molar-refractivity contribution is 0.248. The van der Waals surface area contributed by atoms with E-state index in [-0.39, 0.29) is 6.04 Å².